The van der Waals surface area contributed by atoms with Gasteiger partial charge in [0.15, 0.2) is 5.82 Å². The first kappa shape index (κ1) is 15.7. The van der Waals surface area contributed by atoms with Crippen LogP contribution in [0.25, 0.3) is 11.5 Å². The van der Waals surface area contributed by atoms with Gasteiger partial charge in [-0.05, 0) is 41.8 Å². The molecular weight excluding hydrogens is 312 g/mol. The molecule has 0 unspecified atom stereocenters. The van der Waals surface area contributed by atoms with Crippen LogP contribution in [0.2, 0.25) is 0 Å². The Hall–Kier alpha value is -2.79. The van der Waals surface area contributed by atoms with Gasteiger partial charge in [0.1, 0.15) is 11.4 Å². The number of ether oxygens (including phenoxy) is 1. The topological polar surface area (TPSA) is 51.1 Å². The van der Waals surface area contributed by atoms with E-state index in [0.29, 0.717) is 5.82 Å². The maximum Gasteiger partial charge on any atom is 0.178 e. The molecule has 1 aromatic carbocycles. The SMILES string of the molecule is COc1cccc(CN2CCc3cnc(-c4ccccn4)nc3C2)c1. The largest absolute Gasteiger partial charge is 0.497 e. The first-order valence-corrected chi connectivity index (χ1v) is 8.43. The number of benzene rings is 1. The second kappa shape index (κ2) is 6.99. The van der Waals surface area contributed by atoms with Gasteiger partial charge in [0, 0.05) is 32.0 Å². The minimum atomic E-state index is 0.697. The highest BCUT2D eigenvalue weighted by Crippen LogP contribution is 2.22. The van der Waals surface area contributed by atoms with Crippen molar-refractivity contribution in [2.45, 2.75) is 19.5 Å². The number of nitrogens with zero attached hydrogens (tertiary/aromatic N) is 4. The van der Waals surface area contributed by atoms with Gasteiger partial charge >= 0.3 is 0 Å². The number of aromatic nitrogens is 3. The van der Waals surface area contributed by atoms with Crippen LogP contribution in [0, 0.1) is 0 Å². The lowest BCUT2D eigenvalue weighted by Crippen LogP contribution is -2.31. The van der Waals surface area contributed by atoms with Crippen molar-refractivity contribution in [2.24, 2.45) is 0 Å². The predicted octanol–water partition coefficient (Wildman–Crippen LogP) is 3.11. The molecule has 4 rings (SSSR count). The average molecular weight is 332 g/mol. The summed E-state index contributed by atoms with van der Waals surface area (Å²) in [7, 11) is 1.70. The molecule has 0 saturated heterocycles. The fraction of sp³-hybridized carbons (Fsp3) is 0.250. The molecule has 1 aliphatic rings. The Morgan fingerprint density at radius 3 is 2.92 bits per heavy atom. The Morgan fingerprint density at radius 1 is 1.12 bits per heavy atom. The van der Waals surface area contributed by atoms with Crippen molar-refractivity contribution in [3.8, 4) is 17.3 Å². The zero-order valence-electron chi connectivity index (χ0n) is 14.2. The van der Waals surface area contributed by atoms with E-state index in [9.17, 15) is 0 Å². The van der Waals surface area contributed by atoms with Crippen LogP contribution >= 0.6 is 0 Å². The van der Waals surface area contributed by atoms with Crippen LogP contribution in [-0.4, -0.2) is 33.5 Å². The average Bonchev–Trinajstić information content (AvgIpc) is 2.68. The highest BCUT2D eigenvalue weighted by atomic mass is 16.5. The number of fused-ring (bicyclic) bond motifs is 1. The molecule has 0 fully saturated rings. The second-order valence-corrected chi connectivity index (χ2v) is 6.19. The van der Waals surface area contributed by atoms with Crippen LogP contribution in [0.4, 0.5) is 0 Å². The van der Waals surface area contributed by atoms with E-state index in [2.05, 4.69) is 27.0 Å². The van der Waals surface area contributed by atoms with Gasteiger partial charge in [-0.1, -0.05) is 18.2 Å². The van der Waals surface area contributed by atoms with Gasteiger partial charge in [0.05, 0.1) is 12.8 Å². The maximum absolute atomic E-state index is 5.32. The molecule has 0 spiro atoms. The molecular formula is C20H20N4O. The summed E-state index contributed by atoms with van der Waals surface area (Å²) in [5.41, 5.74) is 4.41. The minimum Gasteiger partial charge on any atom is -0.497 e. The summed E-state index contributed by atoms with van der Waals surface area (Å²) in [5.74, 6) is 1.59. The molecule has 126 valence electrons. The van der Waals surface area contributed by atoms with Gasteiger partial charge in [-0.2, -0.15) is 0 Å². The summed E-state index contributed by atoms with van der Waals surface area (Å²) >= 11 is 0. The van der Waals surface area contributed by atoms with Crippen LogP contribution in [0.15, 0.2) is 54.9 Å². The molecule has 0 N–H and O–H groups in total. The number of pyridine rings is 1. The lowest BCUT2D eigenvalue weighted by Gasteiger charge is -2.28. The van der Waals surface area contributed by atoms with Crippen molar-refractivity contribution < 1.29 is 4.74 Å². The molecule has 5 heteroatoms. The summed E-state index contributed by atoms with van der Waals surface area (Å²) in [6.07, 6.45) is 4.70. The molecule has 0 amide bonds. The molecule has 0 radical (unpaired) electrons. The van der Waals surface area contributed by atoms with Gasteiger partial charge in [-0.15, -0.1) is 0 Å². The van der Waals surface area contributed by atoms with Gasteiger partial charge in [0.25, 0.3) is 0 Å². The fourth-order valence-electron chi connectivity index (χ4n) is 3.14. The fourth-order valence-corrected chi connectivity index (χ4v) is 3.14. The molecule has 5 nitrogen and oxygen atoms in total. The van der Waals surface area contributed by atoms with E-state index < -0.39 is 0 Å². The number of rotatable bonds is 4. The van der Waals surface area contributed by atoms with E-state index in [4.69, 9.17) is 9.72 Å². The third-order valence-electron chi connectivity index (χ3n) is 4.46. The van der Waals surface area contributed by atoms with Crippen LogP contribution in [-0.2, 0) is 19.5 Å². The molecule has 25 heavy (non-hydrogen) atoms. The highest BCUT2D eigenvalue weighted by Gasteiger charge is 2.19. The summed E-state index contributed by atoms with van der Waals surface area (Å²) in [4.78, 5) is 16.0. The van der Waals surface area contributed by atoms with E-state index in [1.165, 1.54) is 11.1 Å². The standard InChI is InChI=1S/C20H20N4O/c1-25-17-6-4-5-15(11-17)13-24-10-8-16-12-22-20(23-19(16)14-24)18-7-2-3-9-21-18/h2-7,9,11-12H,8,10,13-14H2,1H3. The van der Waals surface area contributed by atoms with Crippen LogP contribution < -0.4 is 4.74 Å². The summed E-state index contributed by atoms with van der Waals surface area (Å²) in [6, 6.07) is 14.0. The van der Waals surface area contributed by atoms with Crippen molar-refractivity contribution in [3.63, 3.8) is 0 Å². The molecule has 3 heterocycles. The summed E-state index contributed by atoms with van der Waals surface area (Å²) in [5, 5.41) is 0. The van der Waals surface area contributed by atoms with Gasteiger partial charge in [0.2, 0.25) is 0 Å². The van der Waals surface area contributed by atoms with Gasteiger partial charge in [-0.3, -0.25) is 9.88 Å². The predicted molar refractivity (Wildman–Crippen MR) is 96.1 cm³/mol. The zero-order chi connectivity index (χ0) is 17.1. The van der Waals surface area contributed by atoms with E-state index in [1.807, 2.05) is 36.5 Å². The Kier molecular flexibility index (Phi) is 4.39. The number of hydrogen-bond acceptors (Lipinski definition) is 5. The first-order chi connectivity index (χ1) is 12.3. The van der Waals surface area contributed by atoms with Crippen molar-refractivity contribution in [3.05, 3.63) is 71.7 Å². The monoisotopic (exact) mass is 332 g/mol. The Morgan fingerprint density at radius 2 is 2.08 bits per heavy atom. The zero-order valence-corrected chi connectivity index (χ0v) is 14.2. The molecule has 1 aliphatic heterocycles. The van der Waals surface area contributed by atoms with E-state index >= 15 is 0 Å². The van der Waals surface area contributed by atoms with Crippen LogP contribution in [0.5, 0.6) is 5.75 Å². The lowest BCUT2D eigenvalue weighted by atomic mass is 10.1. The third-order valence-corrected chi connectivity index (χ3v) is 4.46. The minimum absolute atomic E-state index is 0.697. The third kappa shape index (κ3) is 3.51. The Balaban J connectivity index is 1.53. The van der Waals surface area contributed by atoms with Crippen LogP contribution in [0.3, 0.4) is 0 Å². The van der Waals surface area contributed by atoms with Gasteiger partial charge in [-0.25, -0.2) is 9.97 Å². The smallest absolute Gasteiger partial charge is 0.178 e. The molecule has 2 aromatic heterocycles. The Bertz CT molecular complexity index is 867. The van der Waals surface area contributed by atoms with Crippen molar-refractivity contribution in [1.82, 2.24) is 19.9 Å². The maximum atomic E-state index is 5.32. The van der Waals surface area contributed by atoms with Crippen molar-refractivity contribution in [2.75, 3.05) is 13.7 Å². The Labute approximate surface area is 147 Å². The molecule has 3 aromatic rings. The number of hydrogen-bond donors (Lipinski definition) is 0. The molecule has 0 saturated carbocycles. The quantitative estimate of drug-likeness (QED) is 0.735. The van der Waals surface area contributed by atoms with E-state index in [1.54, 1.807) is 13.3 Å². The van der Waals surface area contributed by atoms with E-state index in [0.717, 1.165) is 43.2 Å². The van der Waals surface area contributed by atoms with Crippen molar-refractivity contribution >= 4 is 0 Å². The van der Waals surface area contributed by atoms with E-state index in [-0.39, 0.29) is 0 Å². The molecule has 0 bridgehead atoms. The normalized spacial score (nSPS) is 14.1. The van der Waals surface area contributed by atoms with Crippen LogP contribution in [0.1, 0.15) is 16.8 Å². The summed E-state index contributed by atoms with van der Waals surface area (Å²) in [6.45, 7) is 2.73. The highest BCUT2D eigenvalue weighted by molar-refractivity contribution is 5.49. The van der Waals surface area contributed by atoms with Gasteiger partial charge < -0.3 is 4.74 Å². The molecule has 0 atom stereocenters. The first-order valence-electron chi connectivity index (χ1n) is 8.43. The second-order valence-electron chi connectivity index (χ2n) is 6.19. The number of methoxy groups -OCH3 is 1. The molecule has 0 aliphatic carbocycles. The summed E-state index contributed by atoms with van der Waals surface area (Å²) < 4.78 is 5.32. The lowest BCUT2D eigenvalue weighted by molar-refractivity contribution is 0.241. The van der Waals surface area contributed by atoms with Crippen molar-refractivity contribution in [1.29, 1.82) is 0 Å².